The van der Waals surface area contributed by atoms with Crippen LogP contribution in [0.15, 0.2) is 0 Å². The third-order valence-corrected chi connectivity index (χ3v) is 3.44. The number of hydrogen-bond donors (Lipinski definition) is 1. The van der Waals surface area contributed by atoms with Crippen LogP contribution < -0.4 is 5.32 Å². The monoisotopic (exact) mass is 197 g/mol. The van der Waals surface area contributed by atoms with Crippen molar-refractivity contribution in [1.82, 2.24) is 5.32 Å². The predicted molar refractivity (Wildman–Crippen MR) is 58.5 cm³/mol. The number of rotatable bonds is 2. The summed E-state index contributed by atoms with van der Waals surface area (Å²) in [5.74, 6) is 0. The molecule has 1 atom stereocenters. The molecule has 2 aliphatic rings. The molecule has 0 bridgehead atoms. The maximum Gasteiger partial charge on any atom is 0.0703 e. The molecule has 82 valence electrons. The van der Waals surface area contributed by atoms with E-state index in [2.05, 4.69) is 5.32 Å². The van der Waals surface area contributed by atoms with Gasteiger partial charge in [0.1, 0.15) is 0 Å². The molecule has 0 spiro atoms. The van der Waals surface area contributed by atoms with Gasteiger partial charge in [0, 0.05) is 6.54 Å². The second-order valence-electron chi connectivity index (χ2n) is 4.72. The number of hydrogen-bond acceptors (Lipinski definition) is 2. The largest absolute Gasteiger partial charge is 0.374 e. The quantitative estimate of drug-likeness (QED) is 0.687. The van der Waals surface area contributed by atoms with E-state index in [1.807, 2.05) is 0 Å². The molecule has 1 aliphatic carbocycles. The van der Waals surface area contributed by atoms with Gasteiger partial charge in [-0.1, -0.05) is 25.7 Å². The van der Waals surface area contributed by atoms with Gasteiger partial charge < -0.3 is 10.1 Å². The Morgan fingerprint density at radius 3 is 2.14 bits per heavy atom. The van der Waals surface area contributed by atoms with Crippen LogP contribution in [0.3, 0.4) is 0 Å². The SMILES string of the molecule is C1CCCC(OC2CCCNC2)CC1. The first-order valence-electron chi connectivity index (χ1n) is 6.31. The molecule has 0 aromatic carbocycles. The third kappa shape index (κ3) is 3.25. The van der Waals surface area contributed by atoms with Crippen molar-refractivity contribution in [1.29, 1.82) is 0 Å². The molecule has 14 heavy (non-hydrogen) atoms. The highest BCUT2D eigenvalue weighted by Gasteiger charge is 2.19. The maximum absolute atomic E-state index is 6.15. The molecule has 0 aromatic heterocycles. The molecule has 2 rings (SSSR count). The van der Waals surface area contributed by atoms with E-state index < -0.39 is 0 Å². The standard InChI is InChI=1S/C12H23NO/c1-2-4-7-11(6-3-1)14-12-8-5-9-13-10-12/h11-13H,1-10H2. The van der Waals surface area contributed by atoms with Crippen LogP contribution in [0.25, 0.3) is 0 Å². The van der Waals surface area contributed by atoms with Gasteiger partial charge in [-0.2, -0.15) is 0 Å². The molecule has 2 fully saturated rings. The predicted octanol–water partition coefficient (Wildman–Crippen LogP) is 2.48. The lowest BCUT2D eigenvalue weighted by Gasteiger charge is -2.27. The summed E-state index contributed by atoms with van der Waals surface area (Å²) in [5.41, 5.74) is 0. The summed E-state index contributed by atoms with van der Waals surface area (Å²) in [6.45, 7) is 2.26. The number of piperidine rings is 1. The summed E-state index contributed by atoms with van der Waals surface area (Å²) in [6.07, 6.45) is 11.8. The molecule has 1 unspecified atom stereocenters. The van der Waals surface area contributed by atoms with Crippen molar-refractivity contribution in [2.45, 2.75) is 63.6 Å². The van der Waals surface area contributed by atoms with Crippen LogP contribution in [0.4, 0.5) is 0 Å². The fourth-order valence-electron chi connectivity index (χ4n) is 2.59. The van der Waals surface area contributed by atoms with Gasteiger partial charge in [-0.05, 0) is 32.2 Å². The minimum Gasteiger partial charge on any atom is -0.374 e. The van der Waals surface area contributed by atoms with Crippen molar-refractivity contribution >= 4 is 0 Å². The lowest BCUT2D eigenvalue weighted by atomic mass is 10.1. The Morgan fingerprint density at radius 2 is 1.50 bits per heavy atom. The maximum atomic E-state index is 6.15. The van der Waals surface area contributed by atoms with E-state index in [1.165, 1.54) is 57.9 Å². The van der Waals surface area contributed by atoms with E-state index in [1.54, 1.807) is 0 Å². The molecule has 1 saturated heterocycles. The highest BCUT2D eigenvalue weighted by Crippen LogP contribution is 2.22. The second-order valence-corrected chi connectivity index (χ2v) is 4.72. The molecule has 2 heteroatoms. The van der Waals surface area contributed by atoms with E-state index in [0.717, 1.165) is 6.54 Å². The summed E-state index contributed by atoms with van der Waals surface area (Å²) in [6, 6.07) is 0. The Hall–Kier alpha value is -0.0800. The zero-order valence-electron chi connectivity index (χ0n) is 9.13. The van der Waals surface area contributed by atoms with Gasteiger partial charge in [-0.15, -0.1) is 0 Å². The van der Waals surface area contributed by atoms with Gasteiger partial charge in [0.2, 0.25) is 0 Å². The van der Waals surface area contributed by atoms with Crippen LogP contribution in [-0.4, -0.2) is 25.3 Å². The van der Waals surface area contributed by atoms with Crippen molar-refractivity contribution in [2.24, 2.45) is 0 Å². The second kappa shape index (κ2) is 5.72. The first-order chi connectivity index (χ1) is 6.95. The average molecular weight is 197 g/mol. The third-order valence-electron chi connectivity index (χ3n) is 3.44. The van der Waals surface area contributed by atoms with Gasteiger partial charge in [-0.3, -0.25) is 0 Å². The molecule has 0 amide bonds. The minimum absolute atomic E-state index is 0.506. The zero-order chi connectivity index (χ0) is 9.64. The van der Waals surface area contributed by atoms with Crippen LogP contribution >= 0.6 is 0 Å². The average Bonchev–Trinajstić information content (AvgIpc) is 2.48. The Balaban J connectivity index is 1.71. The van der Waals surface area contributed by atoms with Gasteiger partial charge in [-0.25, -0.2) is 0 Å². The van der Waals surface area contributed by atoms with Crippen LogP contribution in [0, 0.1) is 0 Å². The van der Waals surface area contributed by atoms with Gasteiger partial charge in [0.15, 0.2) is 0 Å². The summed E-state index contributed by atoms with van der Waals surface area (Å²) >= 11 is 0. The molecule has 1 aliphatic heterocycles. The van der Waals surface area contributed by atoms with Gasteiger partial charge >= 0.3 is 0 Å². The highest BCUT2D eigenvalue weighted by molar-refractivity contribution is 4.72. The van der Waals surface area contributed by atoms with Crippen molar-refractivity contribution in [2.75, 3.05) is 13.1 Å². The number of ether oxygens (including phenoxy) is 1. The van der Waals surface area contributed by atoms with E-state index in [-0.39, 0.29) is 0 Å². The molecule has 2 nitrogen and oxygen atoms in total. The number of nitrogens with one attached hydrogen (secondary N) is 1. The summed E-state index contributed by atoms with van der Waals surface area (Å²) in [5, 5.41) is 3.42. The summed E-state index contributed by atoms with van der Waals surface area (Å²) in [4.78, 5) is 0. The van der Waals surface area contributed by atoms with E-state index in [4.69, 9.17) is 4.74 Å². The minimum atomic E-state index is 0.506. The topological polar surface area (TPSA) is 21.3 Å². The molecule has 1 saturated carbocycles. The van der Waals surface area contributed by atoms with Gasteiger partial charge in [0.25, 0.3) is 0 Å². The molecule has 0 aromatic rings. The van der Waals surface area contributed by atoms with E-state index in [0.29, 0.717) is 12.2 Å². The highest BCUT2D eigenvalue weighted by atomic mass is 16.5. The van der Waals surface area contributed by atoms with Gasteiger partial charge in [0.05, 0.1) is 12.2 Å². The van der Waals surface area contributed by atoms with Crippen LogP contribution in [-0.2, 0) is 4.74 Å². The Morgan fingerprint density at radius 1 is 0.786 bits per heavy atom. The normalized spacial score (nSPS) is 31.3. The van der Waals surface area contributed by atoms with Crippen molar-refractivity contribution < 1.29 is 4.74 Å². The smallest absolute Gasteiger partial charge is 0.0703 e. The molecule has 0 radical (unpaired) electrons. The first kappa shape index (κ1) is 10.4. The lowest BCUT2D eigenvalue weighted by Crippen LogP contribution is -2.37. The van der Waals surface area contributed by atoms with Crippen LogP contribution in [0.2, 0.25) is 0 Å². The van der Waals surface area contributed by atoms with Crippen LogP contribution in [0.1, 0.15) is 51.4 Å². The zero-order valence-corrected chi connectivity index (χ0v) is 9.13. The van der Waals surface area contributed by atoms with Crippen molar-refractivity contribution in [3.05, 3.63) is 0 Å². The Labute approximate surface area is 87.4 Å². The van der Waals surface area contributed by atoms with Crippen molar-refractivity contribution in [3.8, 4) is 0 Å². The van der Waals surface area contributed by atoms with E-state index >= 15 is 0 Å². The first-order valence-corrected chi connectivity index (χ1v) is 6.31. The summed E-state index contributed by atoms with van der Waals surface area (Å²) < 4.78 is 6.15. The molecule has 1 N–H and O–H groups in total. The molecular formula is C12H23NO. The Bertz CT molecular complexity index is 146. The fourth-order valence-corrected chi connectivity index (χ4v) is 2.59. The van der Waals surface area contributed by atoms with E-state index in [9.17, 15) is 0 Å². The molecule has 1 heterocycles. The lowest BCUT2D eigenvalue weighted by molar-refractivity contribution is -0.0292. The van der Waals surface area contributed by atoms with Crippen LogP contribution in [0.5, 0.6) is 0 Å². The Kier molecular flexibility index (Phi) is 4.26. The summed E-state index contributed by atoms with van der Waals surface area (Å²) in [7, 11) is 0. The molecular weight excluding hydrogens is 174 g/mol. The fraction of sp³-hybridized carbons (Fsp3) is 1.00. The van der Waals surface area contributed by atoms with Crippen molar-refractivity contribution in [3.63, 3.8) is 0 Å².